The summed E-state index contributed by atoms with van der Waals surface area (Å²) >= 11 is 0. The Balaban J connectivity index is 1.57. The lowest BCUT2D eigenvalue weighted by molar-refractivity contribution is -0.131. The van der Waals surface area contributed by atoms with Gasteiger partial charge in [-0.3, -0.25) is 14.4 Å². The van der Waals surface area contributed by atoms with E-state index >= 15 is 0 Å². The number of benzene rings is 2. The molecule has 3 aromatic rings. The van der Waals surface area contributed by atoms with Gasteiger partial charge in [0.25, 0.3) is 11.7 Å². The van der Waals surface area contributed by atoms with E-state index in [1.807, 2.05) is 54.3 Å². The molecule has 6 heteroatoms. The van der Waals surface area contributed by atoms with Gasteiger partial charge in [-0.25, -0.2) is 0 Å². The van der Waals surface area contributed by atoms with Gasteiger partial charge in [-0.15, -0.1) is 0 Å². The molecule has 4 rings (SSSR count). The molecule has 0 saturated carbocycles. The molecule has 0 spiro atoms. The number of amides is 2. The Morgan fingerprint density at radius 3 is 2.42 bits per heavy atom. The van der Waals surface area contributed by atoms with Gasteiger partial charge in [0, 0.05) is 35.9 Å². The van der Waals surface area contributed by atoms with Crippen LogP contribution in [-0.2, 0) is 16.1 Å². The summed E-state index contributed by atoms with van der Waals surface area (Å²) in [6.07, 6.45) is 6.01. The van der Waals surface area contributed by atoms with Crippen molar-refractivity contribution in [2.75, 3.05) is 18.4 Å². The minimum absolute atomic E-state index is 0.0471. The highest BCUT2D eigenvalue weighted by Gasteiger charge is 2.23. The molecule has 1 saturated heterocycles. The van der Waals surface area contributed by atoms with Crippen molar-refractivity contribution in [3.63, 3.8) is 0 Å². The van der Waals surface area contributed by atoms with Gasteiger partial charge in [0.15, 0.2) is 0 Å². The zero-order chi connectivity index (χ0) is 21.8. The number of hydrogen-bond donors (Lipinski definition) is 1. The Morgan fingerprint density at radius 2 is 1.68 bits per heavy atom. The average molecular weight is 418 g/mol. The number of hydrogen-bond acceptors (Lipinski definition) is 3. The number of nitrogens with one attached hydrogen (secondary N) is 1. The molecule has 1 fully saturated rings. The minimum atomic E-state index is -0.688. The Bertz CT molecular complexity index is 1120. The zero-order valence-corrected chi connectivity index (χ0v) is 17.8. The smallest absolute Gasteiger partial charge is 0.296 e. The van der Waals surface area contributed by atoms with E-state index in [1.54, 1.807) is 16.8 Å². The van der Waals surface area contributed by atoms with Crippen LogP contribution in [0.2, 0.25) is 0 Å². The summed E-state index contributed by atoms with van der Waals surface area (Å²) in [5.74, 6) is -1.25. The molecule has 2 heterocycles. The first-order valence-electron chi connectivity index (χ1n) is 10.8. The fraction of sp³-hybridized carbons (Fsp3) is 0.320. The number of carbonyl (C=O) groups excluding carboxylic acids is 3. The highest BCUT2D eigenvalue weighted by atomic mass is 16.2. The highest BCUT2D eigenvalue weighted by molar-refractivity contribution is 6.48. The van der Waals surface area contributed by atoms with Crippen LogP contribution in [-0.4, -0.2) is 40.2 Å². The van der Waals surface area contributed by atoms with Crippen LogP contribution in [0.4, 0.5) is 5.69 Å². The maximum Gasteiger partial charge on any atom is 0.296 e. The van der Waals surface area contributed by atoms with Crippen molar-refractivity contribution in [2.24, 2.45) is 0 Å². The molecule has 2 amide bonds. The Labute approximate surface area is 181 Å². The SMILES string of the molecule is Cc1cccc(NC(=O)C(=O)c2cn(CC(=O)N3CCCCCC3)c3ccccc23)c1. The van der Waals surface area contributed by atoms with Crippen LogP contribution in [0, 0.1) is 6.92 Å². The molecule has 0 radical (unpaired) electrons. The van der Waals surface area contributed by atoms with E-state index in [9.17, 15) is 14.4 Å². The quantitative estimate of drug-likeness (QED) is 0.500. The topological polar surface area (TPSA) is 71.4 Å². The zero-order valence-electron chi connectivity index (χ0n) is 17.8. The van der Waals surface area contributed by atoms with E-state index in [0.717, 1.165) is 49.9 Å². The van der Waals surface area contributed by atoms with E-state index in [1.165, 1.54) is 0 Å². The fourth-order valence-electron chi connectivity index (χ4n) is 4.16. The lowest BCUT2D eigenvalue weighted by Crippen LogP contribution is -2.34. The third kappa shape index (κ3) is 4.68. The Morgan fingerprint density at radius 1 is 0.935 bits per heavy atom. The number of aryl methyl sites for hydroxylation is 1. The third-order valence-electron chi connectivity index (χ3n) is 5.78. The molecule has 160 valence electrons. The van der Waals surface area contributed by atoms with Crippen LogP contribution in [0.1, 0.15) is 41.6 Å². The maximum atomic E-state index is 13.0. The van der Waals surface area contributed by atoms with Crippen molar-refractivity contribution in [1.82, 2.24) is 9.47 Å². The first kappa shape index (κ1) is 20.8. The molecule has 31 heavy (non-hydrogen) atoms. The maximum absolute atomic E-state index is 13.0. The number of fused-ring (bicyclic) bond motifs is 1. The standard InChI is InChI=1S/C25H27N3O3/c1-18-9-8-10-19(15-18)26-25(31)24(30)21-16-28(22-12-5-4-11-20(21)22)17-23(29)27-13-6-2-3-7-14-27/h4-5,8-12,15-16H,2-3,6-7,13-14,17H2,1H3,(H,26,31). The Hall–Kier alpha value is -3.41. The van der Waals surface area contributed by atoms with Crippen LogP contribution in [0.15, 0.2) is 54.7 Å². The van der Waals surface area contributed by atoms with Gasteiger partial charge >= 0.3 is 0 Å². The molecule has 2 aromatic carbocycles. The van der Waals surface area contributed by atoms with Gasteiger partial charge in [0.2, 0.25) is 5.91 Å². The summed E-state index contributed by atoms with van der Waals surface area (Å²) in [5, 5.41) is 3.36. The summed E-state index contributed by atoms with van der Waals surface area (Å²) in [4.78, 5) is 40.4. The Kier molecular flexibility index (Phi) is 6.16. The predicted molar refractivity (Wildman–Crippen MR) is 121 cm³/mol. The van der Waals surface area contributed by atoms with Crippen LogP contribution in [0.5, 0.6) is 0 Å². The summed E-state index contributed by atoms with van der Waals surface area (Å²) < 4.78 is 1.79. The van der Waals surface area contributed by atoms with E-state index in [0.29, 0.717) is 16.6 Å². The lowest BCUT2D eigenvalue weighted by Gasteiger charge is -2.20. The van der Waals surface area contributed by atoms with E-state index < -0.39 is 11.7 Å². The average Bonchev–Trinajstić information content (AvgIpc) is 2.93. The molecule has 0 aliphatic carbocycles. The highest BCUT2D eigenvalue weighted by Crippen LogP contribution is 2.23. The molecular weight excluding hydrogens is 390 g/mol. The second kappa shape index (κ2) is 9.16. The van der Waals surface area contributed by atoms with Gasteiger partial charge < -0.3 is 14.8 Å². The van der Waals surface area contributed by atoms with Crippen LogP contribution < -0.4 is 5.32 Å². The molecular formula is C25H27N3O3. The molecule has 1 aromatic heterocycles. The lowest BCUT2D eigenvalue weighted by atomic mass is 10.1. The second-order valence-corrected chi connectivity index (χ2v) is 8.14. The first-order valence-corrected chi connectivity index (χ1v) is 10.8. The summed E-state index contributed by atoms with van der Waals surface area (Å²) in [7, 11) is 0. The number of Topliss-reactive ketones (excluding diaryl/α,β-unsaturated/α-hetero) is 1. The number of anilines is 1. The number of rotatable bonds is 5. The van der Waals surface area contributed by atoms with E-state index in [-0.39, 0.29) is 12.5 Å². The molecule has 0 bridgehead atoms. The molecule has 1 aliphatic heterocycles. The molecule has 0 unspecified atom stereocenters. The molecule has 1 N–H and O–H groups in total. The summed E-state index contributed by atoms with van der Waals surface area (Å²) in [5.41, 5.74) is 2.66. The van der Waals surface area contributed by atoms with Gasteiger partial charge in [-0.2, -0.15) is 0 Å². The van der Waals surface area contributed by atoms with Crippen molar-refractivity contribution in [3.8, 4) is 0 Å². The van der Waals surface area contributed by atoms with Gasteiger partial charge in [0.05, 0.1) is 5.56 Å². The summed E-state index contributed by atoms with van der Waals surface area (Å²) in [6.45, 7) is 3.64. The second-order valence-electron chi connectivity index (χ2n) is 8.14. The number of aromatic nitrogens is 1. The van der Waals surface area contributed by atoms with Gasteiger partial charge in [-0.05, 0) is 43.5 Å². The number of likely N-dealkylation sites (tertiary alicyclic amines) is 1. The monoisotopic (exact) mass is 417 g/mol. The largest absolute Gasteiger partial charge is 0.341 e. The fourth-order valence-corrected chi connectivity index (χ4v) is 4.16. The van der Waals surface area contributed by atoms with E-state index in [4.69, 9.17) is 0 Å². The van der Waals surface area contributed by atoms with Crippen molar-refractivity contribution < 1.29 is 14.4 Å². The first-order chi connectivity index (χ1) is 15.0. The van der Waals surface area contributed by atoms with Gasteiger partial charge in [0.1, 0.15) is 6.54 Å². The van der Waals surface area contributed by atoms with Crippen molar-refractivity contribution in [1.29, 1.82) is 0 Å². The third-order valence-corrected chi connectivity index (χ3v) is 5.78. The van der Waals surface area contributed by atoms with Crippen LogP contribution in [0.25, 0.3) is 10.9 Å². The van der Waals surface area contributed by atoms with Gasteiger partial charge in [-0.1, -0.05) is 43.2 Å². The van der Waals surface area contributed by atoms with Crippen molar-refractivity contribution in [3.05, 3.63) is 65.9 Å². The van der Waals surface area contributed by atoms with Crippen LogP contribution >= 0.6 is 0 Å². The van der Waals surface area contributed by atoms with Crippen molar-refractivity contribution >= 4 is 34.2 Å². The molecule has 0 atom stereocenters. The van der Waals surface area contributed by atoms with E-state index in [2.05, 4.69) is 5.32 Å². The molecule has 1 aliphatic rings. The number of nitrogens with zero attached hydrogens (tertiary/aromatic N) is 2. The number of carbonyl (C=O) groups is 3. The predicted octanol–water partition coefficient (Wildman–Crippen LogP) is 4.17. The summed E-state index contributed by atoms with van der Waals surface area (Å²) in [6, 6.07) is 14.7. The van der Waals surface area contributed by atoms with Crippen molar-refractivity contribution in [2.45, 2.75) is 39.2 Å². The van der Waals surface area contributed by atoms with Crippen LogP contribution in [0.3, 0.4) is 0 Å². The minimum Gasteiger partial charge on any atom is -0.341 e. The number of ketones is 1. The number of para-hydroxylation sites is 1. The normalized spacial score (nSPS) is 14.3. The molecule has 6 nitrogen and oxygen atoms in total.